The Hall–Kier alpha value is -2.19. The number of hydrogen-bond acceptors (Lipinski definition) is 2. The van der Waals surface area contributed by atoms with Crippen LogP contribution in [-0.4, -0.2) is 20.2 Å². The minimum absolute atomic E-state index is 0.723. The maximum atomic E-state index is 6.02. The second kappa shape index (κ2) is 8.60. The third-order valence-electron chi connectivity index (χ3n) is 4.04. The van der Waals surface area contributed by atoms with Crippen molar-refractivity contribution >= 4 is 22.9 Å². The van der Waals surface area contributed by atoms with Crippen molar-refractivity contribution in [2.24, 2.45) is 0 Å². The van der Waals surface area contributed by atoms with E-state index in [4.69, 9.17) is 16.3 Å². The van der Waals surface area contributed by atoms with Gasteiger partial charge in [-0.3, -0.25) is 0 Å². The summed E-state index contributed by atoms with van der Waals surface area (Å²) in [4.78, 5) is 2.30. The van der Waals surface area contributed by atoms with E-state index >= 15 is 0 Å². The normalized spacial score (nSPS) is 11.2. The summed E-state index contributed by atoms with van der Waals surface area (Å²) in [5.41, 5.74) is 4.34. The highest BCUT2D eigenvalue weighted by Crippen LogP contribution is 2.34. The number of halogens is 1. The minimum Gasteiger partial charge on any atom is -0.496 e. The van der Waals surface area contributed by atoms with Crippen LogP contribution < -0.4 is 9.64 Å². The zero-order valence-electron chi connectivity index (χ0n) is 14.6. The highest BCUT2D eigenvalue weighted by atomic mass is 35.5. The molecule has 0 unspecified atom stereocenters. The molecule has 0 aliphatic carbocycles. The van der Waals surface area contributed by atoms with Crippen LogP contribution in [0.5, 0.6) is 5.75 Å². The van der Waals surface area contributed by atoms with Crippen LogP contribution in [0.2, 0.25) is 5.02 Å². The number of allylic oxidation sites excluding steroid dienone is 2. The average Bonchev–Trinajstić information content (AvgIpc) is 2.62. The number of anilines is 1. The number of methoxy groups -OCH3 is 1. The Morgan fingerprint density at radius 3 is 2.33 bits per heavy atom. The Morgan fingerprint density at radius 1 is 1.12 bits per heavy atom. The van der Waals surface area contributed by atoms with Gasteiger partial charge < -0.3 is 9.64 Å². The predicted molar refractivity (Wildman–Crippen MR) is 105 cm³/mol. The van der Waals surface area contributed by atoms with Gasteiger partial charge in [-0.25, -0.2) is 0 Å². The number of rotatable bonds is 7. The smallest absolute Gasteiger partial charge is 0.128 e. The van der Waals surface area contributed by atoms with Crippen molar-refractivity contribution in [2.45, 2.75) is 13.8 Å². The van der Waals surface area contributed by atoms with Gasteiger partial charge in [0.15, 0.2) is 0 Å². The molecule has 0 fully saturated rings. The van der Waals surface area contributed by atoms with Gasteiger partial charge in [-0.1, -0.05) is 42.5 Å². The highest BCUT2D eigenvalue weighted by Gasteiger charge is 2.13. The van der Waals surface area contributed by atoms with Crippen molar-refractivity contribution in [1.29, 1.82) is 0 Å². The lowest BCUT2D eigenvalue weighted by atomic mass is 9.96. The minimum atomic E-state index is 0.723. The molecule has 0 aromatic heterocycles. The molecule has 0 spiro atoms. The topological polar surface area (TPSA) is 12.5 Å². The quantitative estimate of drug-likeness (QED) is 0.589. The maximum Gasteiger partial charge on any atom is 0.128 e. The van der Waals surface area contributed by atoms with E-state index in [1.165, 1.54) is 0 Å². The van der Waals surface area contributed by atoms with Crippen molar-refractivity contribution < 1.29 is 4.74 Å². The molecule has 0 radical (unpaired) electrons. The molecule has 0 aliphatic heterocycles. The summed E-state index contributed by atoms with van der Waals surface area (Å²) < 4.78 is 5.67. The van der Waals surface area contributed by atoms with Crippen molar-refractivity contribution in [3.8, 4) is 5.75 Å². The fourth-order valence-corrected chi connectivity index (χ4v) is 2.90. The van der Waals surface area contributed by atoms with Gasteiger partial charge in [-0.15, -0.1) is 0 Å². The molecule has 0 atom stereocenters. The molecule has 126 valence electrons. The molecule has 2 aromatic carbocycles. The molecule has 0 amide bonds. The molecule has 0 bridgehead atoms. The Kier molecular flexibility index (Phi) is 6.51. The second-order valence-corrected chi connectivity index (χ2v) is 5.82. The van der Waals surface area contributed by atoms with E-state index < -0.39 is 0 Å². The summed E-state index contributed by atoms with van der Waals surface area (Å²) in [6.45, 7) is 10.1. The summed E-state index contributed by atoms with van der Waals surface area (Å²) in [5, 5.41) is 0.723. The van der Waals surface area contributed by atoms with Crippen LogP contribution in [-0.2, 0) is 0 Å². The largest absolute Gasteiger partial charge is 0.496 e. The van der Waals surface area contributed by atoms with Gasteiger partial charge in [0.25, 0.3) is 0 Å². The van der Waals surface area contributed by atoms with Crippen molar-refractivity contribution in [1.82, 2.24) is 0 Å². The molecule has 0 N–H and O–H groups in total. The first-order chi connectivity index (χ1) is 11.6. The number of nitrogens with zero attached hydrogens (tertiary/aromatic N) is 1. The molecule has 0 saturated heterocycles. The summed E-state index contributed by atoms with van der Waals surface area (Å²) in [6.07, 6.45) is 3.79. The number of ether oxygens (including phenoxy) is 1. The summed E-state index contributed by atoms with van der Waals surface area (Å²) in [6, 6.07) is 14.1. The summed E-state index contributed by atoms with van der Waals surface area (Å²) in [7, 11) is 1.71. The molecule has 0 aliphatic rings. The Morgan fingerprint density at radius 2 is 1.79 bits per heavy atom. The van der Waals surface area contributed by atoms with Crippen molar-refractivity contribution in [3.05, 3.63) is 77.3 Å². The average molecular weight is 342 g/mol. The molecule has 2 nitrogen and oxygen atoms in total. The fraction of sp³-hybridized carbons (Fsp3) is 0.238. The first-order valence-corrected chi connectivity index (χ1v) is 8.54. The van der Waals surface area contributed by atoms with Gasteiger partial charge in [-0.2, -0.15) is 0 Å². The lowest BCUT2D eigenvalue weighted by Crippen LogP contribution is -2.21. The van der Waals surface area contributed by atoms with E-state index in [0.29, 0.717) is 0 Å². The van der Waals surface area contributed by atoms with E-state index in [0.717, 1.165) is 46.2 Å². The van der Waals surface area contributed by atoms with Gasteiger partial charge in [0.2, 0.25) is 0 Å². The van der Waals surface area contributed by atoms with Crippen LogP contribution in [0.3, 0.4) is 0 Å². The third-order valence-corrected chi connectivity index (χ3v) is 4.30. The molecular weight excluding hydrogens is 318 g/mol. The van der Waals surface area contributed by atoms with E-state index in [1.54, 1.807) is 13.2 Å². The highest BCUT2D eigenvalue weighted by molar-refractivity contribution is 6.30. The summed E-state index contributed by atoms with van der Waals surface area (Å²) in [5.74, 6) is 0.849. The van der Waals surface area contributed by atoms with Crippen LogP contribution in [0.15, 0.2) is 61.2 Å². The SMILES string of the molecule is C=CC=C(c1ccc(Cl)cc1)c1ccc(N(CC)CC)cc1OC. The van der Waals surface area contributed by atoms with E-state index in [-0.39, 0.29) is 0 Å². The standard InChI is InChI=1S/C21H24ClNO/c1-5-8-19(16-9-11-17(22)12-10-16)20-14-13-18(15-21(20)24-4)23(6-2)7-3/h5,8-15H,1,6-7H2,2-4H3. The first-order valence-electron chi connectivity index (χ1n) is 8.16. The Balaban J connectivity index is 2.52. The van der Waals surface area contributed by atoms with Crippen LogP contribution in [0.4, 0.5) is 5.69 Å². The monoisotopic (exact) mass is 341 g/mol. The van der Waals surface area contributed by atoms with Gasteiger partial charge in [-0.05, 0) is 49.2 Å². The predicted octanol–water partition coefficient (Wildman–Crippen LogP) is 5.81. The van der Waals surface area contributed by atoms with Gasteiger partial charge in [0.05, 0.1) is 7.11 Å². The molecule has 3 heteroatoms. The lowest BCUT2D eigenvalue weighted by Gasteiger charge is -2.23. The third kappa shape index (κ3) is 4.01. The molecule has 2 aromatic rings. The van der Waals surface area contributed by atoms with Gasteiger partial charge >= 0.3 is 0 Å². The number of hydrogen-bond donors (Lipinski definition) is 0. The zero-order chi connectivity index (χ0) is 17.5. The van der Waals surface area contributed by atoms with Crippen LogP contribution in [0, 0.1) is 0 Å². The van der Waals surface area contributed by atoms with Crippen LogP contribution >= 0.6 is 11.6 Å². The van der Waals surface area contributed by atoms with Gasteiger partial charge in [0.1, 0.15) is 5.75 Å². The summed E-state index contributed by atoms with van der Waals surface area (Å²) >= 11 is 6.02. The Labute approximate surface area is 150 Å². The lowest BCUT2D eigenvalue weighted by molar-refractivity contribution is 0.413. The Bertz CT molecular complexity index is 715. The van der Waals surface area contributed by atoms with E-state index in [2.05, 4.69) is 43.5 Å². The van der Waals surface area contributed by atoms with Crippen LogP contribution in [0.25, 0.3) is 5.57 Å². The van der Waals surface area contributed by atoms with Crippen molar-refractivity contribution in [2.75, 3.05) is 25.1 Å². The molecule has 0 heterocycles. The van der Waals surface area contributed by atoms with E-state index in [1.807, 2.05) is 30.3 Å². The van der Waals surface area contributed by atoms with E-state index in [9.17, 15) is 0 Å². The second-order valence-electron chi connectivity index (χ2n) is 5.38. The molecule has 2 rings (SSSR count). The zero-order valence-corrected chi connectivity index (χ0v) is 15.3. The number of benzene rings is 2. The fourth-order valence-electron chi connectivity index (χ4n) is 2.78. The molecule has 0 saturated carbocycles. The molecular formula is C21H24ClNO. The molecule has 24 heavy (non-hydrogen) atoms. The van der Waals surface area contributed by atoms with Crippen molar-refractivity contribution in [3.63, 3.8) is 0 Å². The van der Waals surface area contributed by atoms with Gasteiger partial charge in [0, 0.05) is 35.4 Å². The maximum absolute atomic E-state index is 6.02. The van der Waals surface area contributed by atoms with Crippen LogP contribution in [0.1, 0.15) is 25.0 Å². The first kappa shape index (κ1) is 18.2.